The minimum absolute atomic E-state index is 0.0223. The van der Waals surface area contributed by atoms with E-state index >= 15 is 0 Å². The maximum Gasteiger partial charge on any atom is 0.0952 e. The molecule has 1 fully saturated rings. The van der Waals surface area contributed by atoms with Crippen LogP contribution in [0.1, 0.15) is 25.5 Å². The second-order valence-electron chi connectivity index (χ2n) is 5.58. The van der Waals surface area contributed by atoms with Gasteiger partial charge in [-0.05, 0) is 31.5 Å². The van der Waals surface area contributed by atoms with Gasteiger partial charge in [0.1, 0.15) is 0 Å². The minimum atomic E-state index is -0.695. The van der Waals surface area contributed by atoms with E-state index in [1.807, 2.05) is 26.0 Å². The summed E-state index contributed by atoms with van der Waals surface area (Å²) < 4.78 is 5.78. The Morgan fingerprint density at radius 3 is 2.74 bits per heavy atom. The van der Waals surface area contributed by atoms with Gasteiger partial charge in [-0.2, -0.15) is 0 Å². The van der Waals surface area contributed by atoms with E-state index in [4.69, 9.17) is 27.9 Å². The number of rotatable bonds is 3. The van der Waals surface area contributed by atoms with Crippen molar-refractivity contribution < 1.29 is 9.84 Å². The lowest BCUT2D eigenvalue weighted by Gasteiger charge is -2.36. The molecule has 1 saturated heterocycles. The molecule has 1 aliphatic heterocycles. The number of hydrogen-bond donors (Lipinski definition) is 1. The van der Waals surface area contributed by atoms with Gasteiger partial charge in [0.15, 0.2) is 0 Å². The van der Waals surface area contributed by atoms with Gasteiger partial charge in [-0.1, -0.05) is 29.3 Å². The summed E-state index contributed by atoms with van der Waals surface area (Å²) in [4.78, 5) is 2.21. The molecule has 3 nitrogen and oxygen atoms in total. The Kier molecular flexibility index (Phi) is 4.75. The van der Waals surface area contributed by atoms with Crippen LogP contribution in [0.25, 0.3) is 0 Å². The van der Waals surface area contributed by atoms with Crippen molar-refractivity contribution in [2.24, 2.45) is 0 Å². The standard InChI is InChI=1S/C14H19Cl2NO2/c1-14(2,18)9-17-5-6-19-13(8-17)10-3-4-11(15)12(16)7-10/h3-4,7,13,18H,5-6,8-9H2,1-2H3. The first kappa shape index (κ1) is 15.1. The van der Waals surface area contributed by atoms with E-state index in [1.54, 1.807) is 6.07 Å². The maximum atomic E-state index is 9.89. The number of nitrogens with zero attached hydrogens (tertiary/aromatic N) is 1. The summed E-state index contributed by atoms with van der Waals surface area (Å²) in [5, 5.41) is 11.0. The summed E-state index contributed by atoms with van der Waals surface area (Å²) in [6.45, 7) is 6.51. The van der Waals surface area contributed by atoms with Crippen LogP contribution in [0.5, 0.6) is 0 Å². The molecule has 5 heteroatoms. The number of aliphatic hydroxyl groups is 1. The largest absolute Gasteiger partial charge is 0.389 e. The van der Waals surface area contributed by atoms with Crippen molar-refractivity contribution in [2.45, 2.75) is 25.6 Å². The Balaban J connectivity index is 2.06. The van der Waals surface area contributed by atoms with Crippen LogP contribution in [0.4, 0.5) is 0 Å². The topological polar surface area (TPSA) is 32.7 Å². The number of halogens is 2. The van der Waals surface area contributed by atoms with Gasteiger partial charge in [-0.3, -0.25) is 4.90 Å². The predicted octanol–water partition coefficient (Wildman–Crippen LogP) is 3.14. The van der Waals surface area contributed by atoms with E-state index in [0.717, 1.165) is 18.7 Å². The lowest BCUT2D eigenvalue weighted by atomic mass is 10.1. The molecule has 1 N–H and O–H groups in total. The van der Waals surface area contributed by atoms with Gasteiger partial charge in [-0.25, -0.2) is 0 Å². The van der Waals surface area contributed by atoms with Crippen molar-refractivity contribution in [2.75, 3.05) is 26.2 Å². The Labute approximate surface area is 124 Å². The van der Waals surface area contributed by atoms with Crippen LogP contribution in [0, 0.1) is 0 Å². The first-order valence-electron chi connectivity index (χ1n) is 6.36. The van der Waals surface area contributed by atoms with Gasteiger partial charge >= 0.3 is 0 Å². The Morgan fingerprint density at radius 1 is 1.37 bits per heavy atom. The normalized spacial score (nSPS) is 21.6. The van der Waals surface area contributed by atoms with E-state index < -0.39 is 5.60 Å². The van der Waals surface area contributed by atoms with E-state index in [0.29, 0.717) is 23.2 Å². The molecular formula is C14H19Cl2NO2. The van der Waals surface area contributed by atoms with E-state index in [-0.39, 0.29) is 6.10 Å². The van der Waals surface area contributed by atoms with Gasteiger partial charge in [0.25, 0.3) is 0 Å². The molecule has 1 unspecified atom stereocenters. The summed E-state index contributed by atoms with van der Waals surface area (Å²) >= 11 is 12.0. The average Bonchev–Trinajstić information content (AvgIpc) is 2.31. The van der Waals surface area contributed by atoms with Crippen LogP contribution in [0.3, 0.4) is 0 Å². The molecule has 19 heavy (non-hydrogen) atoms. The highest BCUT2D eigenvalue weighted by Gasteiger charge is 2.26. The number of β-amino-alcohol motifs (C(OH)–C–C–N with tert-alkyl or cyclic N) is 1. The SMILES string of the molecule is CC(C)(O)CN1CCOC(c2ccc(Cl)c(Cl)c2)C1. The minimum Gasteiger partial charge on any atom is -0.389 e. The van der Waals surface area contributed by atoms with Crippen molar-refractivity contribution in [1.82, 2.24) is 4.90 Å². The lowest BCUT2D eigenvalue weighted by Crippen LogP contribution is -2.45. The molecule has 0 amide bonds. The lowest BCUT2D eigenvalue weighted by molar-refractivity contribution is -0.0563. The highest BCUT2D eigenvalue weighted by Crippen LogP contribution is 2.29. The highest BCUT2D eigenvalue weighted by molar-refractivity contribution is 6.42. The summed E-state index contributed by atoms with van der Waals surface area (Å²) in [5.74, 6) is 0. The zero-order chi connectivity index (χ0) is 14.0. The average molecular weight is 304 g/mol. The number of ether oxygens (including phenoxy) is 1. The van der Waals surface area contributed by atoms with E-state index in [9.17, 15) is 5.11 Å². The van der Waals surface area contributed by atoms with Crippen molar-refractivity contribution in [1.29, 1.82) is 0 Å². The Hall–Kier alpha value is -0.320. The quantitative estimate of drug-likeness (QED) is 0.931. The van der Waals surface area contributed by atoms with Crippen LogP contribution in [0.2, 0.25) is 10.0 Å². The summed E-state index contributed by atoms with van der Waals surface area (Å²) in [6.07, 6.45) is -0.0223. The van der Waals surface area contributed by atoms with Crippen molar-refractivity contribution in [3.63, 3.8) is 0 Å². The smallest absolute Gasteiger partial charge is 0.0952 e. The molecule has 2 rings (SSSR count). The molecule has 1 aromatic carbocycles. The van der Waals surface area contributed by atoms with Crippen LogP contribution in [0.15, 0.2) is 18.2 Å². The van der Waals surface area contributed by atoms with Gasteiger partial charge in [0, 0.05) is 19.6 Å². The molecule has 106 valence electrons. The Bertz CT molecular complexity index is 446. The third kappa shape index (κ3) is 4.33. The molecule has 1 aliphatic rings. The van der Waals surface area contributed by atoms with E-state index in [2.05, 4.69) is 4.90 Å². The zero-order valence-electron chi connectivity index (χ0n) is 11.2. The van der Waals surface area contributed by atoms with E-state index in [1.165, 1.54) is 0 Å². The van der Waals surface area contributed by atoms with Crippen LogP contribution >= 0.6 is 23.2 Å². The molecule has 1 aromatic rings. The summed E-state index contributed by atoms with van der Waals surface area (Å²) in [6, 6.07) is 5.58. The molecule has 0 aliphatic carbocycles. The highest BCUT2D eigenvalue weighted by atomic mass is 35.5. The Morgan fingerprint density at radius 2 is 2.11 bits per heavy atom. The van der Waals surface area contributed by atoms with Crippen LogP contribution in [-0.2, 0) is 4.74 Å². The van der Waals surface area contributed by atoms with Gasteiger partial charge in [0.2, 0.25) is 0 Å². The van der Waals surface area contributed by atoms with Gasteiger partial charge in [0.05, 0.1) is 28.4 Å². The van der Waals surface area contributed by atoms with Gasteiger partial charge < -0.3 is 9.84 Å². The molecular weight excluding hydrogens is 285 g/mol. The second-order valence-corrected chi connectivity index (χ2v) is 6.39. The van der Waals surface area contributed by atoms with Crippen molar-refractivity contribution in [3.05, 3.63) is 33.8 Å². The summed E-state index contributed by atoms with van der Waals surface area (Å²) in [5.41, 5.74) is 0.328. The molecule has 0 aromatic heterocycles. The van der Waals surface area contributed by atoms with Crippen molar-refractivity contribution >= 4 is 23.2 Å². The van der Waals surface area contributed by atoms with Crippen LogP contribution < -0.4 is 0 Å². The number of hydrogen-bond acceptors (Lipinski definition) is 3. The fourth-order valence-electron chi connectivity index (χ4n) is 2.31. The third-order valence-corrected chi connectivity index (χ3v) is 3.82. The van der Waals surface area contributed by atoms with Crippen molar-refractivity contribution in [3.8, 4) is 0 Å². The molecule has 0 bridgehead atoms. The van der Waals surface area contributed by atoms with Gasteiger partial charge in [-0.15, -0.1) is 0 Å². The van der Waals surface area contributed by atoms with Crippen LogP contribution in [-0.4, -0.2) is 41.8 Å². The first-order chi connectivity index (χ1) is 8.85. The number of morpholine rings is 1. The zero-order valence-corrected chi connectivity index (χ0v) is 12.7. The molecule has 1 atom stereocenters. The maximum absolute atomic E-state index is 9.89. The predicted molar refractivity (Wildman–Crippen MR) is 77.9 cm³/mol. The molecule has 0 radical (unpaired) electrons. The molecule has 1 heterocycles. The third-order valence-electron chi connectivity index (χ3n) is 3.08. The monoisotopic (exact) mass is 303 g/mol. The fourth-order valence-corrected chi connectivity index (χ4v) is 2.61. The molecule has 0 spiro atoms. The summed E-state index contributed by atoms with van der Waals surface area (Å²) in [7, 11) is 0. The first-order valence-corrected chi connectivity index (χ1v) is 7.12. The fraction of sp³-hybridized carbons (Fsp3) is 0.571. The molecule has 0 saturated carbocycles. The second kappa shape index (κ2) is 5.98. The number of benzene rings is 1.